The van der Waals surface area contributed by atoms with Crippen LogP contribution in [0.2, 0.25) is 0 Å². The number of benzene rings is 3. The molecule has 0 radical (unpaired) electrons. The number of rotatable bonds is 6. The van der Waals surface area contributed by atoms with Crippen LogP contribution in [0.5, 0.6) is 0 Å². The van der Waals surface area contributed by atoms with Crippen molar-refractivity contribution in [2.75, 3.05) is 7.11 Å². The summed E-state index contributed by atoms with van der Waals surface area (Å²) in [6.45, 7) is 3.74. The van der Waals surface area contributed by atoms with Gasteiger partial charge in [0, 0.05) is 16.4 Å². The second-order valence-electron chi connectivity index (χ2n) is 9.14. The Morgan fingerprint density at radius 2 is 1.42 bits per heavy atom. The van der Waals surface area contributed by atoms with Crippen molar-refractivity contribution in [3.8, 4) is 0 Å². The Kier molecular flexibility index (Phi) is 7.89. The first-order chi connectivity index (χ1) is 17.3. The maximum atomic E-state index is 14.2. The third-order valence-electron chi connectivity index (χ3n) is 6.50. The summed E-state index contributed by atoms with van der Waals surface area (Å²) in [6.07, 6.45) is 0. The van der Waals surface area contributed by atoms with Gasteiger partial charge in [0.25, 0.3) is 5.91 Å². The van der Waals surface area contributed by atoms with Crippen LogP contribution >= 0.6 is 15.9 Å². The molecule has 1 N–H and O–H groups in total. The third kappa shape index (κ3) is 4.93. The van der Waals surface area contributed by atoms with Crippen molar-refractivity contribution < 1.29 is 19.1 Å². The minimum absolute atomic E-state index is 0.151. The third-order valence-corrected chi connectivity index (χ3v) is 7.20. The van der Waals surface area contributed by atoms with Gasteiger partial charge in [0.15, 0.2) is 0 Å². The first-order valence-corrected chi connectivity index (χ1v) is 12.7. The molecule has 6 nitrogen and oxygen atoms in total. The first-order valence-electron chi connectivity index (χ1n) is 11.9. The second-order valence-corrected chi connectivity index (χ2v) is 10.00. The Morgan fingerprint density at radius 3 is 1.97 bits per heavy atom. The van der Waals surface area contributed by atoms with Gasteiger partial charge in [-0.2, -0.15) is 0 Å². The highest BCUT2D eigenvalue weighted by Gasteiger charge is 2.58. The van der Waals surface area contributed by atoms with Gasteiger partial charge in [-0.15, -0.1) is 0 Å². The van der Waals surface area contributed by atoms with Crippen molar-refractivity contribution in [3.63, 3.8) is 0 Å². The number of carbonyl (C=O) groups excluding carboxylic acids is 3. The lowest BCUT2D eigenvalue weighted by Crippen LogP contribution is -2.50. The minimum Gasteiger partial charge on any atom is -0.469 e. The molecule has 2 amide bonds. The first kappa shape index (κ1) is 25.6. The van der Waals surface area contributed by atoms with Gasteiger partial charge in [0.1, 0.15) is 6.04 Å². The molecule has 0 spiro atoms. The lowest BCUT2D eigenvalue weighted by atomic mass is 9.79. The Labute approximate surface area is 219 Å². The van der Waals surface area contributed by atoms with Crippen molar-refractivity contribution in [3.05, 3.63) is 106 Å². The summed E-state index contributed by atoms with van der Waals surface area (Å²) < 4.78 is 5.90. The van der Waals surface area contributed by atoms with Crippen LogP contribution in [0.1, 0.15) is 47.3 Å². The molecule has 4 rings (SSSR count). The molecule has 0 bridgehead atoms. The summed E-state index contributed by atoms with van der Waals surface area (Å²) in [7, 11) is 1.34. The van der Waals surface area contributed by atoms with E-state index in [0.717, 1.165) is 11.1 Å². The highest BCUT2D eigenvalue weighted by Crippen LogP contribution is 2.51. The van der Waals surface area contributed by atoms with Crippen LogP contribution in [0.15, 0.2) is 89.4 Å². The van der Waals surface area contributed by atoms with Crippen LogP contribution in [0, 0.1) is 5.92 Å². The van der Waals surface area contributed by atoms with Gasteiger partial charge >= 0.3 is 5.97 Å². The van der Waals surface area contributed by atoms with E-state index in [2.05, 4.69) is 21.2 Å². The standard InChI is InChI=1S/C29H29BrN2O4/c1-18(2)31-27(33)26-23(19-12-6-4-7-13-19)24(29(35)36-3)25(20-14-8-5-9-15-20)32(26)28(34)21-16-10-11-17-22(21)30/h4-18,23-26H,1-3H3,(H,31,33). The number of likely N-dealkylation sites (tertiary alicyclic amines) is 1. The molecule has 1 heterocycles. The Bertz CT molecular complexity index is 1230. The van der Waals surface area contributed by atoms with Gasteiger partial charge in [-0.05, 0) is 53.0 Å². The average Bonchev–Trinajstić information content (AvgIpc) is 3.25. The lowest BCUT2D eigenvalue weighted by Gasteiger charge is -2.32. The number of esters is 1. The molecule has 4 atom stereocenters. The molecule has 0 aliphatic carbocycles. The van der Waals surface area contributed by atoms with Crippen molar-refractivity contribution in [1.29, 1.82) is 0 Å². The van der Waals surface area contributed by atoms with E-state index in [4.69, 9.17) is 4.74 Å². The second kappa shape index (κ2) is 11.1. The smallest absolute Gasteiger partial charge is 0.311 e. The number of carbonyl (C=O) groups is 3. The molecule has 3 aromatic carbocycles. The number of nitrogens with zero attached hydrogens (tertiary/aromatic N) is 1. The summed E-state index contributed by atoms with van der Waals surface area (Å²) in [5.41, 5.74) is 1.97. The number of hydrogen-bond donors (Lipinski definition) is 1. The van der Waals surface area contributed by atoms with Crippen molar-refractivity contribution in [2.24, 2.45) is 5.92 Å². The molecule has 3 aromatic rings. The zero-order chi connectivity index (χ0) is 25.8. The summed E-state index contributed by atoms with van der Waals surface area (Å²) in [5, 5.41) is 2.99. The zero-order valence-electron chi connectivity index (χ0n) is 20.4. The predicted molar refractivity (Wildman–Crippen MR) is 141 cm³/mol. The Balaban J connectivity index is 1.99. The van der Waals surface area contributed by atoms with E-state index in [-0.39, 0.29) is 17.9 Å². The van der Waals surface area contributed by atoms with Gasteiger partial charge in [-0.25, -0.2) is 0 Å². The molecule has 186 valence electrons. The van der Waals surface area contributed by atoms with Crippen LogP contribution in [-0.4, -0.2) is 41.9 Å². The summed E-state index contributed by atoms with van der Waals surface area (Å²) in [4.78, 5) is 43.1. The van der Waals surface area contributed by atoms with Crippen LogP contribution in [0.25, 0.3) is 0 Å². The normalized spacial score (nSPS) is 21.3. The van der Waals surface area contributed by atoms with E-state index in [9.17, 15) is 14.4 Å². The summed E-state index contributed by atoms with van der Waals surface area (Å²) in [6, 6.07) is 24.1. The number of ether oxygens (including phenoxy) is 1. The largest absolute Gasteiger partial charge is 0.469 e. The maximum absolute atomic E-state index is 14.2. The van der Waals surface area contributed by atoms with Crippen molar-refractivity contribution in [1.82, 2.24) is 10.2 Å². The molecule has 1 fully saturated rings. The number of methoxy groups -OCH3 is 1. The molecule has 0 saturated carbocycles. The molecule has 1 saturated heterocycles. The molecule has 0 aromatic heterocycles. The zero-order valence-corrected chi connectivity index (χ0v) is 22.0. The lowest BCUT2D eigenvalue weighted by molar-refractivity contribution is -0.146. The average molecular weight is 549 g/mol. The minimum atomic E-state index is -0.941. The molecule has 7 heteroatoms. The fourth-order valence-corrected chi connectivity index (χ4v) is 5.55. The van der Waals surface area contributed by atoms with Crippen LogP contribution in [-0.2, 0) is 14.3 Å². The van der Waals surface area contributed by atoms with Gasteiger partial charge in [-0.1, -0.05) is 72.8 Å². The van der Waals surface area contributed by atoms with E-state index in [1.54, 1.807) is 23.1 Å². The predicted octanol–water partition coefficient (Wildman–Crippen LogP) is 5.11. The van der Waals surface area contributed by atoms with Gasteiger partial charge in [-0.3, -0.25) is 14.4 Å². The van der Waals surface area contributed by atoms with Gasteiger partial charge in [0.05, 0.1) is 24.6 Å². The molecule has 1 aliphatic rings. The molecule has 36 heavy (non-hydrogen) atoms. The van der Waals surface area contributed by atoms with Gasteiger partial charge < -0.3 is 15.0 Å². The highest BCUT2D eigenvalue weighted by molar-refractivity contribution is 9.10. The molecular weight excluding hydrogens is 520 g/mol. The monoisotopic (exact) mass is 548 g/mol. The SMILES string of the molecule is COC(=O)C1C(c2ccccc2)C(C(=O)NC(C)C)N(C(=O)c2ccccc2Br)C1c1ccccc1. The topological polar surface area (TPSA) is 75.7 Å². The summed E-state index contributed by atoms with van der Waals surface area (Å²) >= 11 is 3.50. The van der Waals surface area contributed by atoms with Crippen molar-refractivity contribution in [2.45, 2.75) is 37.9 Å². The maximum Gasteiger partial charge on any atom is 0.311 e. The molecule has 4 unspecified atom stereocenters. The number of hydrogen-bond acceptors (Lipinski definition) is 4. The van der Waals surface area contributed by atoms with Crippen LogP contribution in [0.3, 0.4) is 0 Å². The molecule has 1 aliphatic heterocycles. The number of halogens is 1. The molecular formula is C29H29BrN2O4. The van der Waals surface area contributed by atoms with E-state index in [1.165, 1.54) is 7.11 Å². The van der Waals surface area contributed by atoms with Crippen LogP contribution in [0.4, 0.5) is 0 Å². The van der Waals surface area contributed by atoms with E-state index in [0.29, 0.717) is 10.0 Å². The Morgan fingerprint density at radius 1 is 0.861 bits per heavy atom. The quantitative estimate of drug-likeness (QED) is 0.434. The highest BCUT2D eigenvalue weighted by atomic mass is 79.9. The van der Waals surface area contributed by atoms with E-state index >= 15 is 0 Å². The van der Waals surface area contributed by atoms with Crippen LogP contribution < -0.4 is 5.32 Å². The number of amides is 2. The fourth-order valence-electron chi connectivity index (χ4n) is 5.09. The van der Waals surface area contributed by atoms with Crippen molar-refractivity contribution >= 4 is 33.7 Å². The van der Waals surface area contributed by atoms with E-state index < -0.39 is 29.9 Å². The van der Waals surface area contributed by atoms with E-state index in [1.807, 2.05) is 80.6 Å². The fraction of sp³-hybridized carbons (Fsp3) is 0.276. The Hall–Kier alpha value is -3.45. The van der Waals surface area contributed by atoms with Gasteiger partial charge in [0.2, 0.25) is 5.91 Å². The number of nitrogens with one attached hydrogen (secondary N) is 1. The summed E-state index contributed by atoms with van der Waals surface area (Å²) in [5.74, 6) is -2.54.